The Bertz CT molecular complexity index is 424. The maximum absolute atomic E-state index is 11.9. The minimum atomic E-state index is -5.06. The Morgan fingerprint density at radius 1 is 1.25 bits per heavy atom. The maximum atomic E-state index is 11.9. The van der Waals surface area contributed by atoms with E-state index < -0.39 is 31.0 Å². The van der Waals surface area contributed by atoms with Crippen LogP contribution in [0.4, 0.5) is 13.2 Å². The van der Waals surface area contributed by atoms with Gasteiger partial charge in [-0.05, 0) is 24.6 Å². The van der Waals surface area contributed by atoms with E-state index in [2.05, 4.69) is 25.1 Å². The lowest BCUT2D eigenvalue weighted by Crippen LogP contribution is -2.41. The molecule has 1 amide bonds. The molecule has 0 aromatic heterocycles. The van der Waals surface area contributed by atoms with E-state index >= 15 is 0 Å². The number of rotatable bonds is 5. The quantitative estimate of drug-likeness (QED) is 0.439. The third-order valence-electron chi connectivity index (χ3n) is 3.16. The van der Waals surface area contributed by atoms with Gasteiger partial charge in [0.15, 0.2) is 8.32 Å². The Hall–Kier alpha value is -0.413. The van der Waals surface area contributed by atoms with Crippen molar-refractivity contribution in [1.29, 1.82) is 0 Å². The van der Waals surface area contributed by atoms with Crippen molar-refractivity contribution < 1.29 is 26.6 Å². The molecule has 9 heteroatoms. The van der Waals surface area contributed by atoms with Gasteiger partial charge in [0.25, 0.3) is 0 Å². The van der Waals surface area contributed by atoms with Crippen LogP contribution < -0.4 is 0 Å². The number of carbonyl (C=O) groups is 1. The summed E-state index contributed by atoms with van der Waals surface area (Å²) in [6.45, 7) is 10.6. The Balaban J connectivity index is 4.25. The first-order valence-corrected chi connectivity index (χ1v) is 10.3. The predicted molar refractivity (Wildman–Crippen MR) is 74.2 cm³/mol. The van der Waals surface area contributed by atoms with Gasteiger partial charge in [-0.1, -0.05) is 26.5 Å². The summed E-state index contributed by atoms with van der Waals surface area (Å²) in [5.41, 5.74) is 0. The molecule has 4 nitrogen and oxygen atoms in total. The Morgan fingerprint density at radius 2 is 1.75 bits per heavy atom. The van der Waals surface area contributed by atoms with Crippen LogP contribution in [-0.2, 0) is 24.0 Å². The zero-order valence-corrected chi connectivity index (χ0v) is 14.2. The van der Waals surface area contributed by atoms with E-state index in [-0.39, 0.29) is 10.8 Å². The van der Waals surface area contributed by atoms with Crippen molar-refractivity contribution in [3.8, 4) is 0 Å². The highest BCUT2D eigenvalue weighted by Gasteiger charge is 2.37. The summed E-state index contributed by atoms with van der Waals surface area (Å²) >= 11 is 0. The zero-order valence-electron chi connectivity index (χ0n) is 12.3. The van der Waals surface area contributed by atoms with Crippen molar-refractivity contribution in [3.63, 3.8) is 0 Å². The maximum Gasteiger partial charge on any atom is 0.471 e. The molecular weight excluding hydrogens is 311 g/mol. The van der Waals surface area contributed by atoms with Crippen LogP contribution in [0.3, 0.4) is 0 Å². The monoisotopic (exact) mass is 332 g/mol. The molecular formula is C11H21F3NO3SSi-. The van der Waals surface area contributed by atoms with Crippen LogP contribution in [0.1, 0.15) is 27.2 Å². The second kappa shape index (κ2) is 7.03. The lowest BCUT2D eigenvalue weighted by atomic mass is 10.2. The highest BCUT2D eigenvalue weighted by Crippen LogP contribution is 2.36. The average Bonchev–Trinajstić information content (AvgIpc) is 2.21. The van der Waals surface area contributed by atoms with Crippen LogP contribution in [0.2, 0.25) is 18.1 Å². The molecule has 0 aliphatic heterocycles. The topological polar surface area (TPSA) is 55.7 Å². The van der Waals surface area contributed by atoms with Crippen molar-refractivity contribution in [2.24, 2.45) is 4.36 Å². The Morgan fingerprint density at radius 3 is 2.15 bits per heavy atom. The lowest BCUT2D eigenvalue weighted by Gasteiger charge is -2.36. The van der Waals surface area contributed by atoms with Crippen LogP contribution in [0.5, 0.6) is 0 Å². The van der Waals surface area contributed by atoms with E-state index in [1.807, 2.05) is 13.1 Å². The fourth-order valence-electron chi connectivity index (χ4n) is 0.916. The summed E-state index contributed by atoms with van der Waals surface area (Å²) in [7, 11) is -4.07. The van der Waals surface area contributed by atoms with E-state index in [0.717, 1.165) is 0 Å². The Labute approximate surface area is 120 Å². The molecule has 0 bridgehead atoms. The summed E-state index contributed by atoms with van der Waals surface area (Å²) in [6.07, 6.45) is -4.76. The molecule has 0 aromatic carbocycles. The Kier molecular flexibility index (Phi) is 6.89. The van der Waals surface area contributed by atoms with Gasteiger partial charge < -0.3 is 13.0 Å². The summed E-state index contributed by atoms with van der Waals surface area (Å²) in [6, 6.07) is 0. The smallest absolute Gasteiger partial charge is 0.444 e. The fraction of sp³-hybridized carbons (Fsp3) is 0.909. The lowest BCUT2D eigenvalue weighted by molar-refractivity contribution is -0.169. The molecule has 0 unspecified atom stereocenters. The van der Waals surface area contributed by atoms with Gasteiger partial charge in [0.05, 0.1) is 0 Å². The molecule has 120 valence electrons. The first-order chi connectivity index (χ1) is 8.77. The zero-order chi connectivity index (χ0) is 16.2. The minimum absolute atomic E-state index is 0.0305. The van der Waals surface area contributed by atoms with Gasteiger partial charge in [0.2, 0.25) is 0 Å². The van der Waals surface area contributed by atoms with Gasteiger partial charge in [-0.15, -0.1) is 0 Å². The molecule has 0 aromatic rings. The van der Waals surface area contributed by atoms with Crippen LogP contribution in [-0.4, -0.2) is 32.8 Å². The van der Waals surface area contributed by atoms with Crippen LogP contribution in [0.15, 0.2) is 4.36 Å². The van der Waals surface area contributed by atoms with Crippen molar-refractivity contribution in [1.82, 2.24) is 0 Å². The average molecular weight is 332 g/mol. The molecule has 0 atom stereocenters. The molecule has 0 spiro atoms. The molecule has 0 radical (unpaired) electrons. The molecule has 0 fully saturated rings. The van der Waals surface area contributed by atoms with Gasteiger partial charge in [-0.2, -0.15) is 23.8 Å². The summed E-state index contributed by atoms with van der Waals surface area (Å²) in [5, 5.41) is 0.0305. The van der Waals surface area contributed by atoms with Gasteiger partial charge in [0.1, 0.15) is 0 Å². The second-order valence-electron chi connectivity index (χ2n) is 5.88. The van der Waals surface area contributed by atoms with E-state index in [1.165, 1.54) is 0 Å². The van der Waals surface area contributed by atoms with Gasteiger partial charge >= 0.3 is 12.1 Å². The van der Waals surface area contributed by atoms with E-state index in [1.54, 1.807) is 0 Å². The van der Waals surface area contributed by atoms with Gasteiger partial charge in [0, 0.05) is 6.61 Å². The minimum Gasteiger partial charge on any atom is -0.444 e. The number of nitrogens with zero attached hydrogens (tertiary/aromatic N) is 1. The standard InChI is InChI=1S/C11H21F3NO3SSi/c1-10(2,3)20(4,5)18-7-6-8-19(17)15-9(16)11(12,13)14/h6-8H2,1-5H3/q-1. The molecule has 0 rings (SSSR count). The second-order valence-corrected chi connectivity index (χ2v) is 11.9. The molecule has 0 N–H and O–H groups in total. The molecule has 0 saturated carbocycles. The van der Waals surface area contributed by atoms with Crippen molar-refractivity contribution in [3.05, 3.63) is 0 Å². The van der Waals surface area contributed by atoms with Crippen LogP contribution in [0, 0.1) is 0 Å². The van der Waals surface area contributed by atoms with Crippen molar-refractivity contribution >= 4 is 24.8 Å². The normalized spacial score (nSPS) is 15.4. The SMILES string of the molecule is CC(C)(C)[Si](C)(C)OCCC[S-](=O)=NC(=O)C(F)(F)F. The third kappa shape index (κ3) is 6.85. The summed E-state index contributed by atoms with van der Waals surface area (Å²) in [5.74, 6) is -2.42. The van der Waals surface area contributed by atoms with Gasteiger partial charge in [-0.3, -0.25) is 4.79 Å². The molecule has 20 heavy (non-hydrogen) atoms. The summed E-state index contributed by atoms with van der Waals surface area (Å²) < 4.78 is 55.2. The number of hydrogen-bond acceptors (Lipinski definition) is 4. The van der Waals surface area contributed by atoms with Crippen LogP contribution in [0.25, 0.3) is 0 Å². The number of amides is 1. The first-order valence-electron chi connectivity index (χ1n) is 6.13. The van der Waals surface area contributed by atoms with E-state index in [0.29, 0.717) is 13.0 Å². The predicted octanol–water partition coefficient (Wildman–Crippen LogP) is 3.63. The molecule has 0 heterocycles. The number of halogens is 3. The summed E-state index contributed by atoms with van der Waals surface area (Å²) in [4.78, 5) is 10.5. The highest BCUT2D eigenvalue weighted by atomic mass is 32.2. The largest absolute Gasteiger partial charge is 0.471 e. The van der Waals surface area contributed by atoms with E-state index in [9.17, 15) is 22.2 Å². The number of carbonyl (C=O) groups excluding carboxylic acids is 1. The fourth-order valence-corrected chi connectivity index (χ4v) is 2.75. The van der Waals surface area contributed by atoms with Crippen molar-refractivity contribution in [2.75, 3.05) is 12.4 Å². The molecule has 0 aliphatic rings. The van der Waals surface area contributed by atoms with Crippen LogP contribution >= 0.6 is 0 Å². The number of alkyl halides is 3. The highest BCUT2D eigenvalue weighted by molar-refractivity contribution is 7.75. The molecule has 0 aliphatic carbocycles. The van der Waals surface area contributed by atoms with E-state index in [4.69, 9.17) is 4.43 Å². The third-order valence-corrected chi connectivity index (χ3v) is 8.71. The van der Waals surface area contributed by atoms with Crippen molar-refractivity contribution in [2.45, 2.75) is 51.5 Å². The number of hydrogen-bond donors (Lipinski definition) is 0. The molecule has 0 saturated heterocycles. The van der Waals surface area contributed by atoms with Gasteiger partial charge in [-0.25, -0.2) is 0 Å². The first kappa shape index (κ1) is 19.6.